The molecule has 1 saturated heterocycles. The molecule has 16 nitrogen and oxygen atoms in total. The molecule has 12 aromatic rings. The molecule has 3 aliphatic heterocycles. The van der Waals surface area contributed by atoms with Gasteiger partial charge in [0.25, 0.3) is 0 Å². The van der Waals surface area contributed by atoms with Gasteiger partial charge in [-0.15, -0.1) is 0 Å². The van der Waals surface area contributed by atoms with E-state index in [0.29, 0.717) is 114 Å². The van der Waals surface area contributed by atoms with E-state index in [-0.39, 0.29) is 58.0 Å². The van der Waals surface area contributed by atoms with Gasteiger partial charge in [0, 0.05) is 0 Å². The summed E-state index contributed by atoms with van der Waals surface area (Å²) >= 11 is -12.2. The Morgan fingerprint density at radius 3 is 0.566 bits per heavy atom. The number of fused-ring (bicyclic) bond motifs is 2. The summed E-state index contributed by atoms with van der Waals surface area (Å²) in [6.07, 6.45) is 22.0. The Bertz CT molecular complexity index is 4720. The Hall–Kier alpha value is -3.90. The van der Waals surface area contributed by atoms with Crippen molar-refractivity contribution in [1.29, 1.82) is 0 Å². The van der Waals surface area contributed by atoms with Crippen LogP contribution < -0.4 is 70.3 Å². The molecule has 576 valence electrons. The summed E-state index contributed by atoms with van der Waals surface area (Å²) in [6, 6.07) is 0. The summed E-state index contributed by atoms with van der Waals surface area (Å²) in [5, 5.41) is 13.3. The van der Waals surface area contributed by atoms with Gasteiger partial charge in [0.2, 0.25) is 0 Å². The predicted octanol–water partition coefficient (Wildman–Crippen LogP) is 20.2. The minimum atomic E-state index is -5.47. The SMILES string of the molecule is CCCCOc1c(OCCCC)c2[se]c3c(OCCCC)c(OCCCC)c4[se]c5c(OCCCC)c(OCCCC)c6c7c(c1O[Te]61O[Te]6(Oc8c(OCCCC)c(OCCCC)c9[se]c%10c(OCCCC)c(OCCCC)c%11[se]c%12c(OCCCC)c(OCCCC)c6c6c8c9c%10c%11c%126)O1)c2c3c4c57. The zero-order valence-electron chi connectivity index (χ0n) is 64.4. The number of benzene rings is 8. The molecular formula is C84H108O16Se4Te2. The Kier molecular flexibility index (Phi) is 25.0. The zero-order chi connectivity index (χ0) is 73.4. The standard InChI is InChI=1S/C84H108O16Se4Te2/c1-13-25-37-85-63-61-49-51-53-55-57-59(49)83(73(95-47-35-23-11)71(93-45-33-21-9)81(57)103-79(55)69(91-43-31-19-7)67(89-41-29-17-5)77(53)101-75(51)65(63)87-39-27-15-3)105(97-61)99-106(100-105)84-60-50-52-54-56-58(60)82(72(94-46-34-22-10)74(84)96-48-36-24-12)104-80(56)70(92-44-32-20-8)68(90-42-30-18-6)78(54)102-76(52)66(88-40-28-16-4)64(62(50)98-106)86-38-26-14-2/h13-48H2,1-12H3. The van der Waals surface area contributed by atoms with Gasteiger partial charge in [-0.3, -0.25) is 0 Å². The van der Waals surface area contributed by atoms with E-state index in [1.165, 1.54) is 38.6 Å². The van der Waals surface area contributed by atoms with E-state index in [4.69, 9.17) is 66.0 Å². The molecule has 0 aliphatic carbocycles. The Labute approximate surface area is 659 Å². The maximum absolute atomic E-state index is 8.77. The number of hydrogen-bond donors (Lipinski definition) is 0. The third-order valence-electron chi connectivity index (χ3n) is 20.4. The first-order valence-corrected chi connectivity index (χ1v) is 55.2. The van der Waals surface area contributed by atoms with Crippen LogP contribution in [0.25, 0.3) is 98.7 Å². The normalized spacial score (nSPS) is 17.3. The van der Waals surface area contributed by atoms with Crippen molar-refractivity contribution in [2.45, 2.75) is 237 Å². The molecule has 8 aromatic carbocycles. The average molecular weight is 1940 g/mol. The summed E-state index contributed by atoms with van der Waals surface area (Å²) in [7, 11) is 0. The molecule has 2 spiro atoms. The van der Waals surface area contributed by atoms with Crippen molar-refractivity contribution in [3.8, 4) is 80.5 Å². The fourth-order valence-corrected chi connectivity index (χ4v) is 52.2. The molecule has 22 heteroatoms. The second-order valence-corrected chi connectivity index (χ2v) is 51.5. The summed E-state index contributed by atoms with van der Waals surface area (Å²) in [4.78, 5) is 0. The molecule has 0 atom stereocenters. The first-order valence-electron chi connectivity index (χ1n) is 40.3. The third kappa shape index (κ3) is 13.1. The van der Waals surface area contributed by atoms with E-state index in [0.717, 1.165) is 267 Å². The van der Waals surface area contributed by atoms with Gasteiger partial charge in [0.1, 0.15) is 0 Å². The summed E-state index contributed by atoms with van der Waals surface area (Å²) in [5.74, 6) is 10.1. The fraction of sp³-hybridized carbons (Fsp3) is 0.571. The molecule has 0 saturated carbocycles. The topological polar surface area (TPSA) is 148 Å². The molecule has 1 fully saturated rings. The van der Waals surface area contributed by atoms with E-state index in [1.54, 1.807) is 0 Å². The summed E-state index contributed by atoms with van der Waals surface area (Å²) in [5.41, 5.74) is 0. The molecule has 0 amide bonds. The van der Waals surface area contributed by atoms with Crippen molar-refractivity contribution in [3.05, 3.63) is 0 Å². The van der Waals surface area contributed by atoms with Crippen LogP contribution in [0.3, 0.4) is 0 Å². The van der Waals surface area contributed by atoms with Crippen LogP contribution in [0, 0.1) is 0 Å². The van der Waals surface area contributed by atoms with Gasteiger partial charge in [-0.05, 0) is 0 Å². The molecular weight excluding hydrogens is 1840 g/mol. The van der Waals surface area contributed by atoms with Crippen LogP contribution in [-0.4, -0.2) is 176 Å². The summed E-state index contributed by atoms with van der Waals surface area (Å²) < 4.78 is 134. The molecule has 4 aromatic heterocycles. The van der Waals surface area contributed by atoms with Crippen molar-refractivity contribution >= 4 is 203 Å². The second kappa shape index (κ2) is 34.2. The number of unbranched alkanes of at least 4 members (excludes halogenated alkanes) is 12. The molecule has 106 heavy (non-hydrogen) atoms. The van der Waals surface area contributed by atoms with Gasteiger partial charge in [-0.25, -0.2) is 0 Å². The first-order chi connectivity index (χ1) is 52.2. The van der Waals surface area contributed by atoms with Crippen LogP contribution in [0.1, 0.15) is 237 Å². The van der Waals surface area contributed by atoms with E-state index in [2.05, 4.69) is 83.1 Å². The molecule has 15 rings (SSSR count). The number of rotatable bonds is 48. The zero-order valence-corrected chi connectivity index (χ0v) is 76.0. The Balaban J connectivity index is 1.10. The second-order valence-electron chi connectivity index (χ2n) is 28.4. The van der Waals surface area contributed by atoms with Crippen molar-refractivity contribution in [2.75, 3.05) is 79.3 Å². The van der Waals surface area contributed by atoms with Gasteiger partial charge in [-0.1, -0.05) is 0 Å². The van der Waals surface area contributed by atoms with Crippen molar-refractivity contribution in [3.63, 3.8) is 0 Å². The first kappa shape index (κ1) is 77.4. The molecule has 3 aliphatic rings. The van der Waals surface area contributed by atoms with Crippen LogP contribution in [-0.2, 0) is 2.93 Å². The van der Waals surface area contributed by atoms with Crippen molar-refractivity contribution in [1.82, 2.24) is 0 Å². The quantitative estimate of drug-likeness (QED) is 0.0202. The van der Waals surface area contributed by atoms with Gasteiger partial charge >= 0.3 is 666 Å². The molecule has 0 unspecified atom stereocenters. The van der Waals surface area contributed by atoms with Gasteiger partial charge in [0.15, 0.2) is 0 Å². The van der Waals surface area contributed by atoms with Gasteiger partial charge in [0.05, 0.1) is 0 Å². The predicted molar refractivity (Wildman–Crippen MR) is 439 cm³/mol. The fourth-order valence-electron chi connectivity index (χ4n) is 14.8. The van der Waals surface area contributed by atoms with E-state index in [1.807, 2.05) is 0 Å². The monoisotopic (exact) mass is 1950 g/mol. The number of hydrogen-bond acceptors (Lipinski definition) is 16. The molecule has 0 N–H and O–H groups in total. The van der Waals surface area contributed by atoms with Crippen LogP contribution in [0.15, 0.2) is 0 Å². The minimum absolute atomic E-state index is 0.310. The average Bonchev–Trinajstić information content (AvgIpc) is 1.33. The van der Waals surface area contributed by atoms with E-state index < -0.39 is 38.8 Å². The maximum atomic E-state index is 8.77. The Morgan fingerprint density at radius 1 is 0.198 bits per heavy atom. The van der Waals surface area contributed by atoms with Crippen LogP contribution in [0.5, 0.6) is 80.5 Å². The van der Waals surface area contributed by atoms with Gasteiger partial charge in [-0.2, -0.15) is 0 Å². The number of ether oxygens (including phenoxy) is 12. The Morgan fingerprint density at radius 2 is 0.358 bits per heavy atom. The van der Waals surface area contributed by atoms with Crippen molar-refractivity contribution < 1.29 is 66.0 Å². The van der Waals surface area contributed by atoms with Crippen LogP contribution in [0.4, 0.5) is 0 Å². The van der Waals surface area contributed by atoms with E-state index >= 15 is 0 Å². The summed E-state index contributed by atoms with van der Waals surface area (Å²) in [6.45, 7) is 32.8. The van der Waals surface area contributed by atoms with E-state index in [9.17, 15) is 0 Å². The van der Waals surface area contributed by atoms with Gasteiger partial charge < -0.3 is 0 Å². The molecule has 7 heterocycles. The molecule has 0 bridgehead atoms. The molecule has 0 radical (unpaired) electrons. The van der Waals surface area contributed by atoms with Crippen LogP contribution >= 0.6 is 0 Å². The van der Waals surface area contributed by atoms with Crippen molar-refractivity contribution in [2.24, 2.45) is 0 Å². The third-order valence-corrected chi connectivity index (χ3v) is 53.4. The van der Waals surface area contributed by atoms with Crippen LogP contribution in [0.2, 0.25) is 0 Å².